The van der Waals surface area contributed by atoms with Gasteiger partial charge in [0.05, 0.1) is 0 Å². The Bertz CT molecular complexity index is 292. The van der Waals surface area contributed by atoms with Crippen molar-refractivity contribution in [3.05, 3.63) is 0 Å². The molecule has 1 amide bonds. The Kier molecular flexibility index (Phi) is 2.31. The Hall–Kier alpha value is -0.530. The van der Waals surface area contributed by atoms with Crippen LogP contribution in [-0.4, -0.2) is 11.4 Å². The largest absolute Gasteiger partial charge is 0.350 e. The van der Waals surface area contributed by atoms with E-state index < -0.39 is 0 Å². The lowest BCUT2D eigenvalue weighted by atomic mass is 9.62. The fourth-order valence-corrected chi connectivity index (χ4v) is 4.72. The van der Waals surface area contributed by atoms with Gasteiger partial charge in [-0.2, -0.15) is 0 Å². The highest BCUT2D eigenvalue weighted by Gasteiger charge is 2.59. The van der Waals surface area contributed by atoms with Crippen molar-refractivity contribution in [2.75, 3.05) is 0 Å². The molecule has 2 aliphatic carbocycles. The molecule has 3 fully saturated rings. The number of amides is 1. The molecule has 2 atom stereocenters. The molecule has 0 aromatic heterocycles. The first-order valence-corrected chi connectivity index (χ1v) is 6.97. The summed E-state index contributed by atoms with van der Waals surface area (Å²) >= 11 is 0. The summed E-state index contributed by atoms with van der Waals surface area (Å²) in [7, 11) is 0. The predicted molar refractivity (Wildman–Crippen MR) is 64.0 cm³/mol. The van der Waals surface area contributed by atoms with E-state index in [2.05, 4.69) is 12.2 Å². The van der Waals surface area contributed by atoms with E-state index in [4.69, 9.17) is 0 Å². The normalized spacial score (nSPS) is 41.8. The molecular formula is C14H23NO. The summed E-state index contributed by atoms with van der Waals surface area (Å²) in [4.78, 5) is 11.9. The standard InChI is InChI=1S/C14H23NO/c1-11-5-8-13(9-11)10-12(16)15-14(13)6-3-2-4-7-14/h11H,2-10H2,1H3,(H,15,16). The van der Waals surface area contributed by atoms with Gasteiger partial charge < -0.3 is 5.32 Å². The molecule has 2 saturated carbocycles. The van der Waals surface area contributed by atoms with E-state index in [1.165, 1.54) is 51.4 Å². The van der Waals surface area contributed by atoms with Crippen LogP contribution < -0.4 is 5.32 Å². The van der Waals surface area contributed by atoms with Crippen LogP contribution in [0, 0.1) is 11.3 Å². The van der Waals surface area contributed by atoms with Crippen molar-refractivity contribution in [1.29, 1.82) is 0 Å². The van der Waals surface area contributed by atoms with Gasteiger partial charge in [-0.15, -0.1) is 0 Å². The minimum Gasteiger partial charge on any atom is -0.350 e. The van der Waals surface area contributed by atoms with Crippen LogP contribution in [0.5, 0.6) is 0 Å². The van der Waals surface area contributed by atoms with Gasteiger partial charge in [0, 0.05) is 17.4 Å². The van der Waals surface area contributed by atoms with Crippen LogP contribution in [0.25, 0.3) is 0 Å². The smallest absolute Gasteiger partial charge is 0.221 e. The first kappa shape index (κ1) is 10.6. The SMILES string of the molecule is CC1CCC2(CC(=O)NC23CCCCC3)C1. The third-order valence-electron chi connectivity index (χ3n) is 5.45. The summed E-state index contributed by atoms with van der Waals surface area (Å²) in [5.41, 5.74) is 0.539. The van der Waals surface area contributed by atoms with Crippen molar-refractivity contribution in [3.63, 3.8) is 0 Å². The molecule has 0 aromatic rings. The predicted octanol–water partition coefficient (Wildman–Crippen LogP) is 3.02. The number of carbonyl (C=O) groups is 1. The van der Waals surface area contributed by atoms with Gasteiger partial charge in [-0.1, -0.05) is 32.6 Å². The molecule has 1 saturated heterocycles. The van der Waals surface area contributed by atoms with E-state index in [9.17, 15) is 4.79 Å². The summed E-state index contributed by atoms with van der Waals surface area (Å²) in [6.45, 7) is 2.36. The van der Waals surface area contributed by atoms with Crippen LogP contribution in [0.4, 0.5) is 0 Å². The van der Waals surface area contributed by atoms with Gasteiger partial charge in [0.2, 0.25) is 5.91 Å². The summed E-state index contributed by atoms with van der Waals surface area (Å²) in [6.07, 6.45) is 11.2. The lowest BCUT2D eigenvalue weighted by Crippen LogP contribution is -2.52. The van der Waals surface area contributed by atoms with Gasteiger partial charge in [0.15, 0.2) is 0 Å². The van der Waals surface area contributed by atoms with Crippen LogP contribution >= 0.6 is 0 Å². The van der Waals surface area contributed by atoms with E-state index in [1.807, 2.05) is 0 Å². The van der Waals surface area contributed by atoms with E-state index in [0.717, 1.165) is 12.3 Å². The topological polar surface area (TPSA) is 29.1 Å². The second-order valence-corrected chi connectivity index (χ2v) is 6.50. The fourth-order valence-electron chi connectivity index (χ4n) is 4.72. The van der Waals surface area contributed by atoms with Crippen molar-refractivity contribution in [1.82, 2.24) is 5.32 Å². The number of carbonyl (C=O) groups excluding carboxylic acids is 1. The average molecular weight is 221 g/mol. The van der Waals surface area contributed by atoms with Gasteiger partial charge in [0.25, 0.3) is 0 Å². The molecule has 2 heteroatoms. The number of fused-ring (bicyclic) bond motifs is 1. The first-order chi connectivity index (χ1) is 7.66. The highest BCUT2D eigenvalue weighted by Crippen LogP contribution is 2.58. The van der Waals surface area contributed by atoms with Crippen molar-refractivity contribution >= 4 is 5.91 Å². The fraction of sp³-hybridized carbons (Fsp3) is 0.929. The third-order valence-corrected chi connectivity index (χ3v) is 5.45. The Morgan fingerprint density at radius 1 is 1.19 bits per heavy atom. The number of hydrogen-bond acceptors (Lipinski definition) is 1. The molecule has 2 unspecified atom stereocenters. The maximum atomic E-state index is 11.9. The van der Waals surface area contributed by atoms with Gasteiger partial charge in [-0.3, -0.25) is 4.79 Å². The molecule has 2 spiro atoms. The Morgan fingerprint density at radius 2 is 1.94 bits per heavy atom. The summed E-state index contributed by atoms with van der Waals surface area (Å²) in [5, 5.41) is 3.38. The first-order valence-electron chi connectivity index (χ1n) is 6.97. The number of hydrogen-bond donors (Lipinski definition) is 1. The summed E-state index contributed by atoms with van der Waals surface area (Å²) < 4.78 is 0. The van der Waals surface area contributed by atoms with Gasteiger partial charge in [-0.05, 0) is 31.6 Å². The Balaban J connectivity index is 1.92. The minimum atomic E-state index is 0.201. The van der Waals surface area contributed by atoms with E-state index in [0.29, 0.717) is 11.3 Å². The number of rotatable bonds is 0. The molecule has 3 aliphatic rings. The molecule has 0 aromatic carbocycles. The third kappa shape index (κ3) is 1.34. The zero-order valence-electron chi connectivity index (χ0n) is 10.3. The van der Waals surface area contributed by atoms with Crippen molar-refractivity contribution in [2.45, 2.75) is 70.3 Å². The molecule has 1 N–H and O–H groups in total. The van der Waals surface area contributed by atoms with Crippen molar-refractivity contribution in [3.8, 4) is 0 Å². The van der Waals surface area contributed by atoms with Gasteiger partial charge >= 0.3 is 0 Å². The van der Waals surface area contributed by atoms with E-state index in [-0.39, 0.29) is 5.54 Å². The van der Waals surface area contributed by atoms with Gasteiger partial charge in [-0.25, -0.2) is 0 Å². The molecule has 2 nitrogen and oxygen atoms in total. The monoisotopic (exact) mass is 221 g/mol. The summed E-state index contributed by atoms with van der Waals surface area (Å²) in [5.74, 6) is 1.16. The maximum absolute atomic E-state index is 11.9. The lowest BCUT2D eigenvalue weighted by molar-refractivity contribution is -0.120. The summed E-state index contributed by atoms with van der Waals surface area (Å²) in [6, 6.07) is 0. The molecular weight excluding hydrogens is 198 g/mol. The second-order valence-electron chi connectivity index (χ2n) is 6.50. The Labute approximate surface area is 98.2 Å². The second kappa shape index (κ2) is 3.48. The van der Waals surface area contributed by atoms with Crippen LogP contribution in [-0.2, 0) is 4.79 Å². The minimum absolute atomic E-state index is 0.201. The highest BCUT2D eigenvalue weighted by atomic mass is 16.2. The van der Waals surface area contributed by atoms with Crippen molar-refractivity contribution < 1.29 is 4.79 Å². The van der Waals surface area contributed by atoms with Crippen LogP contribution in [0.2, 0.25) is 0 Å². The molecule has 0 bridgehead atoms. The van der Waals surface area contributed by atoms with Crippen LogP contribution in [0.3, 0.4) is 0 Å². The van der Waals surface area contributed by atoms with E-state index >= 15 is 0 Å². The van der Waals surface area contributed by atoms with Crippen LogP contribution in [0.15, 0.2) is 0 Å². The zero-order valence-corrected chi connectivity index (χ0v) is 10.3. The molecule has 16 heavy (non-hydrogen) atoms. The quantitative estimate of drug-likeness (QED) is 0.669. The number of nitrogens with one attached hydrogen (secondary N) is 1. The molecule has 1 heterocycles. The average Bonchev–Trinajstić information content (AvgIpc) is 2.72. The van der Waals surface area contributed by atoms with E-state index in [1.54, 1.807) is 0 Å². The Morgan fingerprint density at radius 3 is 2.56 bits per heavy atom. The molecule has 90 valence electrons. The van der Waals surface area contributed by atoms with Crippen molar-refractivity contribution in [2.24, 2.45) is 11.3 Å². The maximum Gasteiger partial charge on any atom is 0.221 e. The molecule has 1 aliphatic heterocycles. The highest BCUT2D eigenvalue weighted by molar-refractivity contribution is 5.81. The molecule has 0 radical (unpaired) electrons. The lowest BCUT2D eigenvalue weighted by Gasteiger charge is -2.46. The van der Waals surface area contributed by atoms with Crippen LogP contribution in [0.1, 0.15) is 64.7 Å². The van der Waals surface area contributed by atoms with Gasteiger partial charge in [0.1, 0.15) is 0 Å². The zero-order chi connectivity index (χ0) is 11.2. The molecule has 3 rings (SSSR count).